The molecular weight excluding hydrogens is 307 g/mol. The minimum Gasteiger partial charge on any atom is -0.335 e. The van der Waals surface area contributed by atoms with Crippen molar-refractivity contribution in [1.82, 2.24) is 0 Å². The average Bonchev–Trinajstić information content (AvgIpc) is 2.85. The summed E-state index contributed by atoms with van der Waals surface area (Å²) >= 11 is 0. The van der Waals surface area contributed by atoms with Crippen molar-refractivity contribution in [2.24, 2.45) is 0 Å². The highest BCUT2D eigenvalue weighted by atomic mass is 19.1. The third-order valence-corrected chi connectivity index (χ3v) is 4.27. The number of rotatable bonds is 5. The van der Waals surface area contributed by atoms with Gasteiger partial charge in [0.2, 0.25) is 5.91 Å². The number of nitrogens with two attached hydrogens (primary N) is 1. The Kier molecular flexibility index (Phi) is 4.71. The molecule has 0 saturated carbocycles. The van der Waals surface area contributed by atoms with Crippen LogP contribution in [0.15, 0.2) is 48.5 Å². The van der Waals surface area contributed by atoms with Gasteiger partial charge < -0.3 is 5.32 Å². The van der Waals surface area contributed by atoms with Gasteiger partial charge in [0.1, 0.15) is 5.82 Å². The molecule has 0 unspecified atom stereocenters. The van der Waals surface area contributed by atoms with Gasteiger partial charge >= 0.3 is 0 Å². The largest absolute Gasteiger partial charge is 0.335 e. The predicted octanol–water partition coefficient (Wildman–Crippen LogP) is 1.57. The minimum absolute atomic E-state index is 0.160. The molecule has 124 valence electrons. The Morgan fingerprint density at radius 3 is 2.42 bits per heavy atom. The van der Waals surface area contributed by atoms with E-state index in [1.165, 1.54) is 17.0 Å². The molecule has 0 aromatic heterocycles. The van der Waals surface area contributed by atoms with E-state index in [0.717, 1.165) is 17.5 Å². The maximum absolute atomic E-state index is 12.9. The van der Waals surface area contributed by atoms with Crippen LogP contribution in [0.1, 0.15) is 17.5 Å². The number of nitrogens with zero attached hydrogens (tertiary/aromatic N) is 1. The van der Waals surface area contributed by atoms with Crippen molar-refractivity contribution in [2.75, 3.05) is 11.4 Å². The van der Waals surface area contributed by atoms with Gasteiger partial charge in [-0.05, 0) is 36.8 Å². The normalized spacial score (nSPS) is 17.6. The summed E-state index contributed by atoms with van der Waals surface area (Å²) in [5, 5.41) is 1.90. The van der Waals surface area contributed by atoms with E-state index in [1.807, 2.05) is 24.4 Å². The van der Waals surface area contributed by atoms with Gasteiger partial charge in [0.15, 0.2) is 6.04 Å². The van der Waals surface area contributed by atoms with Crippen LogP contribution in [0.2, 0.25) is 0 Å². The molecule has 1 atom stereocenters. The van der Waals surface area contributed by atoms with Crippen molar-refractivity contribution >= 4 is 17.5 Å². The summed E-state index contributed by atoms with van der Waals surface area (Å²) in [4.78, 5) is 26.0. The number of quaternary nitrogens is 1. The molecule has 24 heavy (non-hydrogen) atoms. The van der Waals surface area contributed by atoms with Gasteiger partial charge in [-0.25, -0.2) is 9.29 Å². The Morgan fingerprint density at radius 2 is 1.75 bits per heavy atom. The van der Waals surface area contributed by atoms with Gasteiger partial charge in [-0.15, -0.1) is 0 Å². The van der Waals surface area contributed by atoms with Gasteiger partial charge in [0, 0.05) is 6.42 Å². The Bertz CT molecular complexity index is 741. The Labute approximate surface area is 140 Å². The second kappa shape index (κ2) is 6.93. The van der Waals surface area contributed by atoms with Gasteiger partial charge in [-0.1, -0.05) is 29.8 Å². The van der Waals surface area contributed by atoms with Crippen LogP contribution in [-0.4, -0.2) is 24.4 Å². The van der Waals surface area contributed by atoms with E-state index in [4.69, 9.17) is 0 Å². The van der Waals surface area contributed by atoms with Crippen LogP contribution in [0, 0.1) is 12.7 Å². The van der Waals surface area contributed by atoms with Crippen molar-refractivity contribution in [3.8, 4) is 0 Å². The Balaban J connectivity index is 1.59. The van der Waals surface area contributed by atoms with Crippen LogP contribution >= 0.6 is 0 Å². The first-order valence-electron chi connectivity index (χ1n) is 8.06. The zero-order valence-corrected chi connectivity index (χ0v) is 13.5. The van der Waals surface area contributed by atoms with Crippen LogP contribution < -0.4 is 10.2 Å². The van der Waals surface area contributed by atoms with Gasteiger partial charge in [-0.3, -0.25) is 9.59 Å². The fourth-order valence-electron chi connectivity index (χ4n) is 2.91. The number of amides is 2. The highest BCUT2D eigenvalue weighted by Crippen LogP contribution is 2.21. The Morgan fingerprint density at radius 1 is 1.08 bits per heavy atom. The lowest BCUT2D eigenvalue weighted by Gasteiger charge is -2.14. The van der Waals surface area contributed by atoms with Crippen molar-refractivity contribution in [1.29, 1.82) is 0 Å². The lowest BCUT2D eigenvalue weighted by atomic mass is 10.1. The molecule has 0 radical (unpaired) electrons. The van der Waals surface area contributed by atoms with Crippen LogP contribution in [0.3, 0.4) is 0 Å². The maximum atomic E-state index is 12.9. The number of carbonyl (C=O) groups is 2. The van der Waals surface area contributed by atoms with Crippen LogP contribution in [0.4, 0.5) is 10.1 Å². The zero-order chi connectivity index (χ0) is 17.1. The highest BCUT2D eigenvalue weighted by molar-refractivity contribution is 6.21. The molecule has 1 aliphatic rings. The maximum Gasteiger partial charge on any atom is 0.292 e. The molecule has 1 aliphatic heterocycles. The third-order valence-electron chi connectivity index (χ3n) is 4.27. The number of anilines is 1. The number of imide groups is 1. The SMILES string of the molecule is Cc1ccc(N2C(=O)C[C@H]([NH2+]CCc3ccc(F)cc3)C2=O)cc1. The molecule has 2 aromatic carbocycles. The molecular formula is C19H20FN2O2+. The molecule has 2 N–H and O–H groups in total. The van der Waals surface area contributed by atoms with Gasteiger partial charge in [-0.2, -0.15) is 0 Å². The molecule has 5 heteroatoms. The first-order chi connectivity index (χ1) is 11.5. The summed E-state index contributed by atoms with van der Waals surface area (Å²) < 4.78 is 12.9. The van der Waals surface area contributed by atoms with E-state index in [-0.39, 0.29) is 30.1 Å². The molecule has 0 bridgehead atoms. The van der Waals surface area contributed by atoms with E-state index in [1.54, 1.807) is 24.3 Å². The summed E-state index contributed by atoms with van der Waals surface area (Å²) in [6.07, 6.45) is 0.943. The standard InChI is InChI=1S/C19H19FN2O2/c1-13-2-8-16(9-3-13)22-18(23)12-17(19(22)24)21-11-10-14-4-6-15(20)7-5-14/h2-9,17,21H,10-12H2,1H3/p+1/t17-/m0/s1. The lowest BCUT2D eigenvalue weighted by Crippen LogP contribution is -2.92. The summed E-state index contributed by atoms with van der Waals surface area (Å²) in [5.74, 6) is -0.581. The zero-order valence-electron chi connectivity index (χ0n) is 13.5. The van der Waals surface area contributed by atoms with E-state index in [2.05, 4.69) is 0 Å². The van der Waals surface area contributed by atoms with Crippen LogP contribution in [0.25, 0.3) is 0 Å². The number of halogens is 1. The summed E-state index contributed by atoms with van der Waals surface area (Å²) in [6.45, 7) is 2.64. The van der Waals surface area contributed by atoms with Crippen molar-refractivity contribution in [3.05, 3.63) is 65.5 Å². The first-order valence-corrected chi connectivity index (χ1v) is 8.06. The molecule has 3 rings (SSSR count). The van der Waals surface area contributed by atoms with E-state index in [9.17, 15) is 14.0 Å². The fraction of sp³-hybridized carbons (Fsp3) is 0.263. The van der Waals surface area contributed by atoms with E-state index < -0.39 is 0 Å². The number of hydrogen-bond donors (Lipinski definition) is 1. The smallest absolute Gasteiger partial charge is 0.292 e. The minimum atomic E-state index is -0.376. The number of aryl methyl sites for hydroxylation is 1. The predicted molar refractivity (Wildman–Crippen MR) is 89.0 cm³/mol. The topological polar surface area (TPSA) is 54.0 Å². The number of hydrogen-bond acceptors (Lipinski definition) is 2. The van der Waals surface area contributed by atoms with Crippen molar-refractivity contribution in [2.45, 2.75) is 25.8 Å². The summed E-state index contributed by atoms with van der Waals surface area (Å²) in [5.41, 5.74) is 2.73. The number of benzene rings is 2. The van der Waals surface area contributed by atoms with Crippen molar-refractivity contribution < 1.29 is 19.3 Å². The second-order valence-electron chi connectivity index (χ2n) is 6.11. The molecule has 1 saturated heterocycles. The summed E-state index contributed by atoms with van der Waals surface area (Å²) in [6, 6.07) is 13.3. The molecule has 4 nitrogen and oxygen atoms in total. The quantitative estimate of drug-likeness (QED) is 0.848. The van der Waals surface area contributed by atoms with E-state index >= 15 is 0 Å². The average molecular weight is 327 g/mol. The first kappa shape index (κ1) is 16.3. The second-order valence-corrected chi connectivity index (χ2v) is 6.11. The monoisotopic (exact) mass is 327 g/mol. The molecule has 2 amide bonds. The fourth-order valence-corrected chi connectivity index (χ4v) is 2.91. The molecule has 0 aliphatic carbocycles. The molecule has 1 fully saturated rings. The summed E-state index contributed by atoms with van der Waals surface area (Å²) in [7, 11) is 0. The number of carbonyl (C=O) groups excluding carboxylic acids is 2. The van der Waals surface area contributed by atoms with E-state index in [0.29, 0.717) is 12.2 Å². The third kappa shape index (κ3) is 3.51. The van der Waals surface area contributed by atoms with Crippen molar-refractivity contribution in [3.63, 3.8) is 0 Å². The van der Waals surface area contributed by atoms with Crippen LogP contribution in [-0.2, 0) is 16.0 Å². The lowest BCUT2D eigenvalue weighted by molar-refractivity contribution is -0.674. The Hall–Kier alpha value is -2.53. The van der Waals surface area contributed by atoms with Crippen LogP contribution in [0.5, 0.6) is 0 Å². The molecule has 1 heterocycles. The van der Waals surface area contributed by atoms with Gasteiger partial charge in [0.05, 0.1) is 18.7 Å². The molecule has 0 spiro atoms. The molecule has 2 aromatic rings. The highest BCUT2D eigenvalue weighted by Gasteiger charge is 2.41. The van der Waals surface area contributed by atoms with Gasteiger partial charge in [0.25, 0.3) is 5.91 Å².